The monoisotopic (exact) mass is 383 g/mol. The molecule has 26 heavy (non-hydrogen) atoms. The van der Waals surface area contributed by atoms with Crippen molar-refractivity contribution in [2.45, 2.75) is 19.1 Å². The molecule has 0 aliphatic carbocycles. The second-order valence-electron chi connectivity index (χ2n) is 5.36. The van der Waals surface area contributed by atoms with Gasteiger partial charge in [-0.25, -0.2) is 0 Å². The molecule has 0 aliphatic heterocycles. The highest BCUT2D eigenvalue weighted by Gasteiger charge is 2.23. The van der Waals surface area contributed by atoms with E-state index in [1.807, 2.05) is 61.5 Å². The van der Waals surface area contributed by atoms with Gasteiger partial charge >= 0.3 is 0 Å². The molecule has 0 radical (unpaired) electrons. The van der Waals surface area contributed by atoms with Crippen molar-refractivity contribution in [2.24, 2.45) is 5.73 Å². The van der Waals surface area contributed by atoms with E-state index in [0.29, 0.717) is 24.4 Å². The number of hydrogen-bond acceptors (Lipinski definition) is 6. The second kappa shape index (κ2) is 10.8. The van der Waals surface area contributed by atoms with Crippen molar-refractivity contribution < 1.29 is 27.6 Å². The van der Waals surface area contributed by atoms with E-state index in [1.54, 1.807) is 0 Å². The Hall–Kier alpha value is -2.13. The lowest BCUT2D eigenvalue weighted by Gasteiger charge is -2.24. The highest BCUT2D eigenvalue weighted by atomic mass is 32.2. The fourth-order valence-corrected chi connectivity index (χ4v) is 2.09. The Balaban J connectivity index is 0.000000597. The summed E-state index contributed by atoms with van der Waals surface area (Å²) in [5, 5.41) is 10.2. The van der Waals surface area contributed by atoms with Crippen molar-refractivity contribution in [3.8, 4) is 11.5 Å². The highest BCUT2D eigenvalue weighted by molar-refractivity contribution is 7.85. The van der Waals surface area contributed by atoms with Crippen molar-refractivity contribution >= 4 is 10.1 Å². The molecule has 0 saturated heterocycles. The molecule has 2 atom stereocenters. The smallest absolute Gasteiger partial charge is 0.261 e. The molecule has 0 aliphatic rings. The lowest BCUT2D eigenvalue weighted by atomic mass is 10.0. The van der Waals surface area contributed by atoms with Gasteiger partial charge in [-0.1, -0.05) is 42.5 Å². The number of para-hydroxylation sites is 2. The van der Waals surface area contributed by atoms with Crippen molar-refractivity contribution in [2.75, 3.05) is 19.4 Å². The van der Waals surface area contributed by atoms with E-state index < -0.39 is 22.3 Å². The average molecular weight is 383 g/mol. The van der Waals surface area contributed by atoms with Crippen LogP contribution in [-0.4, -0.2) is 43.6 Å². The Labute approximate surface area is 154 Å². The van der Waals surface area contributed by atoms with Gasteiger partial charge in [-0.05, 0) is 24.6 Å². The highest BCUT2D eigenvalue weighted by Crippen LogP contribution is 2.32. The van der Waals surface area contributed by atoms with Gasteiger partial charge < -0.3 is 20.3 Å². The van der Waals surface area contributed by atoms with Gasteiger partial charge in [-0.2, -0.15) is 8.42 Å². The summed E-state index contributed by atoms with van der Waals surface area (Å²) < 4.78 is 37.4. The normalized spacial score (nSPS) is 13.1. The van der Waals surface area contributed by atoms with Gasteiger partial charge in [-0.3, -0.25) is 4.55 Å². The van der Waals surface area contributed by atoms with Crippen LogP contribution in [0.4, 0.5) is 0 Å². The minimum Gasteiger partial charge on any atom is -0.490 e. The van der Waals surface area contributed by atoms with E-state index >= 15 is 0 Å². The maximum absolute atomic E-state index is 10.2. The molecule has 8 heteroatoms. The molecule has 2 aromatic carbocycles. The van der Waals surface area contributed by atoms with Gasteiger partial charge in [0.2, 0.25) is 0 Å². The van der Waals surface area contributed by atoms with E-state index in [4.69, 9.17) is 19.8 Å². The largest absolute Gasteiger partial charge is 0.490 e. The maximum Gasteiger partial charge on any atom is 0.261 e. The number of ether oxygens (including phenoxy) is 2. The summed E-state index contributed by atoms with van der Waals surface area (Å²) >= 11 is 0. The van der Waals surface area contributed by atoms with Crippen LogP contribution in [0.3, 0.4) is 0 Å². The van der Waals surface area contributed by atoms with Crippen LogP contribution in [0.25, 0.3) is 0 Å². The summed E-state index contributed by atoms with van der Waals surface area (Å²) in [6.45, 7) is 2.59. The Morgan fingerprint density at radius 3 is 2.04 bits per heavy atom. The van der Waals surface area contributed by atoms with Crippen molar-refractivity contribution in [1.82, 2.24) is 0 Å². The second-order valence-corrected chi connectivity index (χ2v) is 6.83. The molecular weight excluding hydrogens is 358 g/mol. The van der Waals surface area contributed by atoms with Gasteiger partial charge in [0, 0.05) is 6.54 Å². The number of rotatable bonds is 7. The van der Waals surface area contributed by atoms with Crippen LogP contribution in [0.2, 0.25) is 0 Å². The Bertz CT molecular complexity index is 743. The summed E-state index contributed by atoms with van der Waals surface area (Å²) in [7, 11) is -3.67. The fourth-order valence-electron chi connectivity index (χ4n) is 2.09. The molecule has 144 valence electrons. The predicted octanol–water partition coefficient (Wildman–Crippen LogP) is 2.03. The third-order valence-electron chi connectivity index (χ3n) is 3.12. The maximum atomic E-state index is 10.2. The van der Waals surface area contributed by atoms with Crippen molar-refractivity contribution in [3.63, 3.8) is 0 Å². The Morgan fingerprint density at radius 1 is 1.04 bits per heavy atom. The quantitative estimate of drug-likeness (QED) is 0.626. The molecule has 0 unspecified atom stereocenters. The number of benzene rings is 2. The summed E-state index contributed by atoms with van der Waals surface area (Å²) in [5.41, 5.74) is 6.48. The van der Waals surface area contributed by atoms with Crippen molar-refractivity contribution in [1.29, 1.82) is 0 Å². The summed E-state index contributed by atoms with van der Waals surface area (Å²) in [4.78, 5) is 0. The van der Waals surface area contributed by atoms with E-state index in [0.717, 1.165) is 5.56 Å². The molecule has 0 amide bonds. The first-order valence-corrected chi connectivity index (χ1v) is 9.85. The van der Waals surface area contributed by atoms with Crippen molar-refractivity contribution in [3.05, 3.63) is 60.2 Å². The number of nitrogens with two attached hydrogens (primary N) is 1. The SMILES string of the molecule is CCOc1ccccc1O[C@@H](c1ccccc1)[C@@H](O)CN.CS(=O)(=O)O. The van der Waals surface area contributed by atoms with Crippen LogP contribution in [0.1, 0.15) is 18.6 Å². The zero-order valence-electron chi connectivity index (χ0n) is 14.8. The fraction of sp³-hybridized carbons (Fsp3) is 0.333. The van der Waals surface area contributed by atoms with Gasteiger partial charge in [0.25, 0.3) is 10.1 Å². The third kappa shape index (κ3) is 8.30. The molecule has 0 bridgehead atoms. The van der Waals surface area contributed by atoms with E-state index in [2.05, 4.69) is 0 Å². The number of hydrogen-bond donors (Lipinski definition) is 3. The summed E-state index contributed by atoms with van der Waals surface area (Å²) in [6.07, 6.45) is -0.604. The molecular formula is C18H25NO6S. The zero-order chi connectivity index (χ0) is 19.6. The van der Waals surface area contributed by atoms with Gasteiger partial charge in [-0.15, -0.1) is 0 Å². The van der Waals surface area contributed by atoms with Gasteiger partial charge in [0.1, 0.15) is 6.10 Å². The molecule has 7 nitrogen and oxygen atoms in total. The third-order valence-corrected chi connectivity index (χ3v) is 3.12. The summed E-state index contributed by atoms with van der Waals surface area (Å²) in [5.74, 6) is 1.26. The van der Waals surface area contributed by atoms with E-state index in [1.165, 1.54) is 0 Å². The van der Waals surface area contributed by atoms with Crippen LogP contribution in [0.5, 0.6) is 11.5 Å². The van der Waals surface area contributed by atoms with Gasteiger partial charge in [0.05, 0.1) is 12.9 Å². The first-order valence-electron chi connectivity index (χ1n) is 8.00. The lowest BCUT2D eigenvalue weighted by molar-refractivity contribution is 0.0394. The topological polar surface area (TPSA) is 119 Å². The number of aliphatic hydroxyl groups is 1. The molecule has 4 N–H and O–H groups in total. The molecule has 2 aromatic rings. The minimum absolute atomic E-state index is 0.121. The first kappa shape index (κ1) is 21.9. The van der Waals surface area contributed by atoms with Crippen LogP contribution >= 0.6 is 0 Å². The Morgan fingerprint density at radius 2 is 1.54 bits per heavy atom. The summed E-state index contributed by atoms with van der Waals surface area (Å²) in [6, 6.07) is 17.0. The van der Waals surface area contributed by atoms with Gasteiger partial charge in [0.15, 0.2) is 17.6 Å². The minimum atomic E-state index is -3.67. The molecule has 0 saturated carbocycles. The standard InChI is InChI=1S/C17H21NO3.CH4O3S/c1-2-20-15-10-6-7-11-16(15)21-17(14(19)12-18)13-8-4-3-5-9-13;1-5(2,3)4/h3-11,14,17,19H,2,12,18H2,1H3;1H3,(H,2,3,4)/t14-,17-;/m0./s1. The first-order chi connectivity index (χ1) is 12.3. The number of aliphatic hydroxyl groups excluding tert-OH is 1. The predicted molar refractivity (Wildman–Crippen MR) is 100.0 cm³/mol. The molecule has 0 fully saturated rings. The van der Waals surface area contributed by atoms with Crippen LogP contribution in [0, 0.1) is 0 Å². The average Bonchev–Trinajstić information content (AvgIpc) is 2.60. The molecule has 0 spiro atoms. The van der Waals surface area contributed by atoms with Crippen LogP contribution in [-0.2, 0) is 10.1 Å². The van der Waals surface area contributed by atoms with Crippen LogP contribution in [0.15, 0.2) is 54.6 Å². The lowest BCUT2D eigenvalue weighted by Crippen LogP contribution is -2.31. The van der Waals surface area contributed by atoms with Crippen LogP contribution < -0.4 is 15.2 Å². The molecule has 0 aromatic heterocycles. The van der Waals surface area contributed by atoms with E-state index in [9.17, 15) is 13.5 Å². The molecule has 0 heterocycles. The zero-order valence-corrected chi connectivity index (χ0v) is 15.6. The molecule has 2 rings (SSSR count). The Kier molecular flexibility index (Phi) is 9.08. The van der Waals surface area contributed by atoms with E-state index in [-0.39, 0.29) is 6.54 Å².